The monoisotopic (exact) mass is 346 g/mol. The van der Waals surface area contributed by atoms with Gasteiger partial charge in [-0.1, -0.05) is 30.3 Å². The zero-order valence-electron chi connectivity index (χ0n) is 15.6. The summed E-state index contributed by atoms with van der Waals surface area (Å²) in [6.45, 7) is 6.15. The lowest BCUT2D eigenvalue weighted by Crippen LogP contribution is -2.41. The topological polar surface area (TPSA) is 35.9 Å². The molecule has 25 heavy (non-hydrogen) atoms. The quantitative estimate of drug-likeness (QED) is 0.823. The minimum absolute atomic E-state index is 0.371. The van der Waals surface area contributed by atoms with Crippen LogP contribution in [0.1, 0.15) is 43.8 Å². The van der Waals surface area contributed by atoms with Gasteiger partial charge in [-0.3, -0.25) is 0 Å². The normalized spacial score (nSPS) is 24.5. The number of likely N-dealkylation sites (N-methyl/N-ethyl adjacent to an activating group) is 1. The third kappa shape index (κ3) is 6.07. The van der Waals surface area contributed by atoms with Crippen LogP contribution in [0, 0.1) is 5.92 Å². The lowest BCUT2D eigenvalue weighted by atomic mass is 9.95. The highest BCUT2D eigenvalue weighted by molar-refractivity contribution is 5.17. The van der Waals surface area contributed by atoms with E-state index in [0.29, 0.717) is 6.10 Å². The van der Waals surface area contributed by atoms with E-state index >= 15 is 0 Å². The molecule has 1 N–H and O–H groups in total. The van der Waals surface area contributed by atoms with E-state index in [2.05, 4.69) is 16.8 Å². The van der Waals surface area contributed by atoms with E-state index in [4.69, 9.17) is 4.74 Å². The van der Waals surface area contributed by atoms with Crippen LogP contribution in [0.2, 0.25) is 0 Å². The number of piperidine rings is 1. The summed E-state index contributed by atoms with van der Waals surface area (Å²) in [4.78, 5) is 4.88. The van der Waals surface area contributed by atoms with Crippen molar-refractivity contribution in [3.05, 3.63) is 35.9 Å². The molecule has 0 radical (unpaired) electrons. The first-order valence-electron chi connectivity index (χ1n) is 9.96. The molecule has 0 amide bonds. The maximum absolute atomic E-state index is 10.4. The number of nitrogens with zero attached hydrogens (tertiary/aromatic N) is 2. The van der Waals surface area contributed by atoms with Gasteiger partial charge in [0.25, 0.3) is 0 Å². The first-order valence-corrected chi connectivity index (χ1v) is 9.96. The highest BCUT2D eigenvalue weighted by atomic mass is 16.5. The molecule has 0 spiro atoms. The predicted octanol–water partition coefficient (Wildman–Crippen LogP) is 2.93. The average Bonchev–Trinajstić information content (AvgIpc) is 2.65. The van der Waals surface area contributed by atoms with Crippen LogP contribution < -0.4 is 0 Å². The number of rotatable bonds is 7. The van der Waals surface area contributed by atoms with Gasteiger partial charge in [0.2, 0.25) is 0 Å². The fourth-order valence-electron chi connectivity index (χ4n) is 4.19. The van der Waals surface area contributed by atoms with Crippen LogP contribution in [0.4, 0.5) is 0 Å². The van der Waals surface area contributed by atoms with Crippen LogP contribution in [0.15, 0.2) is 30.3 Å². The molecule has 2 aliphatic heterocycles. The van der Waals surface area contributed by atoms with Crippen LogP contribution in [0.5, 0.6) is 0 Å². The van der Waals surface area contributed by atoms with E-state index in [-0.39, 0.29) is 6.10 Å². The third-order valence-corrected chi connectivity index (χ3v) is 5.68. The average molecular weight is 347 g/mol. The molecule has 3 rings (SSSR count). The van der Waals surface area contributed by atoms with Gasteiger partial charge in [0.1, 0.15) is 0 Å². The molecule has 4 heteroatoms. The second kappa shape index (κ2) is 9.67. The van der Waals surface area contributed by atoms with Gasteiger partial charge in [0.15, 0.2) is 0 Å². The van der Waals surface area contributed by atoms with Crippen molar-refractivity contribution >= 4 is 0 Å². The molecule has 0 bridgehead atoms. The molecule has 2 aliphatic rings. The molecule has 0 aliphatic carbocycles. The molecule has 2 saturated heterocycles. The van der Waals surface area contributed by atoms with Crippen molar-refractivity contribution in [2.24, 2.45) is 5.92 Å². The van der Waals surface area contributed by atoms with Gasteiger partial charge in [-0.05, 0) is 63.7 Å². The molecule has 2 atom stereocenters. The Morgan fingerprint density at radius 1 is 1.12 bits per heavy atom. The zero-order chi connectivity index (χ0) is 17.5. The van der Waals surface area contributed by atoms with Gasteiger partial charge < -0.3 is 19.6 Å². The van der Waals surface area contributed by atoms with Crippen molar-refractivity contribution in [1.82, 2.24) is 9.80 Å². The molecule has 0 unspecified atom stereocenters. The zero-order valence-corrected chi connectivity index (χ0v) is 15.6. The summed E-state index contributed by atoms with van der Waals surface area (Å²) in [5.41, 5.74) is 1.02. The van der Waals surface area contributed by atoms with Gasteiger partial charge in [-0.15, -0.1) is 0 Å². The molecule has 0 saturated carbocycles. The fraction of sp³-hybridized carbons (Fsp3) is 0.714. The smallest absolute Gasteiger partial charge is 0.0916 e. The number of aliphatic hydroxyl groups excluding tert-OH is 1. The molecule has 1 aromatic rings. The van der Waals surface area contributed by atoms with E-state index in [9.17, 15) is 5.11 Å². The minimum Gasteiger partial charge on any atom is -0.387 e. The Bertz CT molecular complexity index is 482. The Kier molecular flexibility index (Phi) is 7.29. The van der Waals surface area contributed by atoms with Crippen molar-refractivity contribution in [3.63, 3.8) is 0 Å². The number of β-amino-alcohol motifs (C(OH)–C–C–N with tert-alkyl or cyclic N) is 1. The third-order valence-electron chi connectivity index (χ3n) is 5.68. The fourth-order valence-corrected chi connectivity index (χ4v) is 4.19. The van der Waals surface area contributed by atoms with Crippen molar-refractivity contribution in [2.45, 2.75) is 44.3 Å². The highest BCUT2D eigenvalue weighted by Crippen LogP contribution is 2.22. The van der Waals surface area contributed by atoms with Gasteiger partial charge in [0, 0.05) is 26.2 Å². The Morgan fingerprint density at radius 2 is 1.88 bits per heavy atom. The van der Waals surface area contributed by atoms with Crippen molar-refractivity contribution in [2.75, 3.05) is 46.4 Å². The summed E-state index contributed by atoms with van der Waals surface area (Å²) in [7, 11) is 2.24. The Labute approximate surface area is 152 Å². The number of aliphatic hydroxyl groups is 1. The molecule has 2 heterocycles. The minimum atomic E-state index is -0.371. The molecule has 2 fully saturated rings. The largest absolute Gasteiger partial charge is 0.387 e. The van der Waals surface area contributed by atoms with E-state index in [1.54, 1.807) is 0 Å². The SMILES string of the molecule is CN(CC1CCN(C[C@H](O)c2ccccc2)CC1)C[C@H]1CCCCO1. The summed E-state index contributed by atoms with van der Waals surface area (Å²) in [6, 6.07) is 10.0. The molecule has 4 nitrogen and oxygen atoms in total. The second-order valence-corrected chi connectivity index (χ2v) is 7.88. The molecule has 1 aromatic carbocycles. The number of benzene rings is 1. The van der Waals surface area contributed by atoms with Gasteiger partial charge in [-0.2, -0.15) is 0 Å². The summed E-state index contributed by atoms with van der Waals surface area (Å²) in [5.74, 6) is 0.777. The van der Waals surface area contributed by atoms with Crippen LogP contribution in [0.3, 0.4) is 0 Å². The summed E-state index contributed by atoms with van der Waals surface area (Å²) in [5, 5.41) is 10.4. The Morgan fingerprint density at radius 3 is 2.56 bits per heavy atom. The number of hydrogen-bond donors (Lipinski definition) is 1. The predicted molar refractivity (Wildman–Crippen MR) is 102 cm³/mol. The number of hydrogen-bond acceptors (Lipinski definition) is 4. The van der Waals surface area contributed by atoms with Crippen molar-refractivity contribution < 1.29 is 9.84 Å². The van der Waals surface area contributed by atoms with Gasteiger partial charge in [0.05, 0.1) is 12.2 Å². The molecule has 0 aromatic heterocycles. The maximum atomic E-state index is 10.4. The Balaban J connectivity index is 1.35. The summed E-state index contributed by atoms with van der Waals surface area (Å²) < 4.78 is 5.86. The number of likely N-dealkylation sites (tertiary alicyclic amines) is 1. The molecule has 140 valence electrons. The van der Waals surface area contributed by atoms with Crippen molar-refractivity contribution in [3.8, 4) is 0 Å². The molecular formula is C21H34N2O2. The second-order valence-electron chi connectivity index (χ2n) is 7.88. The van der Waals surface area contributed by atoms with Crippen LogP contribution >= 0.6 is 0 Å². The van der Waals surface area contributed by atoms with Gasteiger partial charge in [-0.25, -0.2) is 0 Å². The van der Waals surface area contributed by atoms with Crippen LogP contribution in [0.25, 0.3) is 0 Å². The van der Waals surface area contributed by atoms with Crippen LogP contribution in [-0.2, 0) is 4.74 Å². The summed E-state index contributed by atoms with van der Waals surface area (Å²) >= 11 is 0. The Hall–Kier alpha value is -0.940. The maximum Gasteiger partial charge on any atom is 0.0916 e. The standard InChI is InChI=1S/C21H34N2O2/c1-22(16-20-9-5-6-14-25-20)15-18-10-12-23(13-11-18)17-21(24)19-7-3-2-4-8-19/h2-4,7-8,18,20-21,24H,5-6,9-17H2,1H3/t20-,21+/m1/s1. The van der Waals surface area contributed by atoms with E-state index in [1.165, 1.54) is 38.6 Å². The lowest BCUT2D eigenvalue weighted by molar-refractivity contribution is -0.00546. The first kappa shape index (κ1) is 18.8. The lowest BCUT2D eigenvalue weighted by Gasteiger charge is -2.36. The highest BCUT2D eigenvalue weighted by Gasteiger charge is 2.23. The first-order chi connectivity index (χ1) is 12.2. The molecular weight excluding hydrogens is 312 g/mol. The summed E-state index contributed by atoms with van der Waals surface area (Å²) in [6.07, 6.45) is 6.31. The number of ether oxygens (including phenoxy) is 1. The van der Waals surface area contributed by atoms with E-state index < -0.39 is 0 Å². The van der Waals surface area contributed by atoms with Crippen molar-refractivity contribution in [1.29, 1.82) is 0 Å². The van der Waals surface area contributed by atoms with E-state index in [1.807, 2.05) is 30.3 Å². The van der Waals surface area contributed by atoms with Gasteiger partial charge >= 0.3 is 0 Å². The van der Waals surface area contributed by atoms with E-state index in [0.717, 1.165) is 44.3 Å². The van der Waals surface area contributed by atoms with Crippen LogP contribution in [-0.4, -0.2) is 67.4 Å².